The minimum absolute atomic E-state index is 0.107. The van der Waals surface area contributed by atoms with E-state index in [4.69, 9.17) is 4.74 Å². The molecule has 1 aliphatic heterocycles. The van der Waals surface area contributed by atoms with Crippen LogP contribution in [0.1, 0.15) is 46.0 Å². The van der Waals surface area contributed by atoms with Gasteiger partial charge in [0.2, 0.25) is 11.9 Å². The molecule has 0 radical (unpaired) electrons. The van der Waals surface area contributed by atoms with Crippen LogP contribution in [0.3, 0.4) is 0 Å². The molecule has 1 saturated carbocycles. The molecule has 2 heterocycles. The second kappa shape index (κ2) is 8.89. The van der Waals surface area contributed by atoms with Crippen LogP contribution in [0.4, 0.5) is 5.95 Å². The van der Waals surface area contributed by atoms with Crippen LogP contribution in [0, 0.1) is 0 Å². The maximum atomic E-state index is 12.5. The van der Waals surface area contributed by atoms with Gasteiger partial charge in [0.1, 0.15) is 0 Å². The summed E-state index contributed by atoms with van der Waals surface area (Å²) in [4.78, 5) is 14.7. The van der Waals surface area contributed by atoms with Crippen molar-refractivity contribution in [3.63, 3.8) is 0 Å². The number of nitrogens with zero attached hydrogens (tertiary/aromatic N) is 4. The third-order valence-electron chi connectivity index (χ3n) is 4.91. The van der Waals surface area contributed by atoms with E-state index in [-0.39, 0.29) is 11.2 Å². The van der Waals surface area contributed by atoms with Crippen LogP contribution < -0.4 is 10.2 Å². The van der Waals surface area contributed by atoms with Crippen LogP contribution in [0.15, 0.2) is 5.16 Å². The number of aromatic nitrogens is 3. The SMILES string of the molecule is CCn1c(SC(C)C(=O)NC2CCCCC2)nnc1N1CCOCC1. The molecule has 2 fully saturated rings. The third kappa shape index (κ3) is 4.67. The predicted molar refractivity (Wildman–Crippen MR) is 99.1 cm³/mol. The highest BCUT2D eigenvalue weighted by Gasteiger charge is 2.24. The molecule has 1 aromatic heterocycles. The predicted octanol–water partition coefficient (Wildman–Crippen LogP) is 2.06. The highest BCUT2D eigenvalue weighted by atomic mass is 32.2. The third-order valence-corrected chi connectivity index (χ3v) is 5.99. The second-order valence-electron chi connectivity index (χ2n) is 6.73. The number of morpholine rings is 1. The molecule has 1 N–H and O–H groups in total. The van der Waals surface area contributed by atoms with E-state index >= 15 is 0 Å². The van der Waals surface area contributed by atoms with Crippen LogP contribution in [-0.2, 0) is 16.1 Å². The Labute approximate surface area is 153 Å². The monoisotopic (exact) mass is 367 g/mol. The number of hydrogen-bond donors (Lipinski definition) is 1. The summed E-state index contributed by atoms with van der Waals surface area (Å²) in [5.41, 5.74) is 0. The van der Waals surface area contributed by atoms with Gasteiger partial charge in [0, 0.05) is 25.7 Å². The zero-order valence-corrected chi connectivity index (χ0v) is 16.1. The first-order valence-corrected chi connectivity index (χ1v) is 10.3. The number of ether oxygens (including phenoxy) is 1. The van der Waals surface area contributed by atoms with E-state index in [1.807, 2.05) is 6.92 Å². The summed E-state index contributed by atoms with van der Waals surface area (Å²) in [6.45, 7) is 7.94. The van der Waals surface area contributed by atoms with E-state index < -0.39 is 0 Å². The minimum atomic E-state index is -0.172. The molecule has 1 aliphatic carbocycles. The van der Waals surface area contributed by atoms with E-state index in [0.29, 0.717) is 6.04 Å². The van der Waals surface area contributed by atoms with Gasteiger partial charge in [-0.05, 0) is 26.7 Å². The summed E-state index contributed by atoms with van der Waals surface area (Å²) in [5.74, 6) is 0.990. The smallest absolute Gasteiger partial charge is 0.233 e. The maximum absolute atomic E-state index is 12.5. The Kier molecular flexibility index (Phi) is 6.58. The molecule has 0 spiro atoms. The number of carbonyl (C=O) groups is 1. The molecular formula is C17H29N5O2S. The largest absolute Gasteiger partial charge is 0.378 e. The van der Waals surface area contributed by atoms with E-state index in [0.717, 1.165) is 56.8 Å². The van der Waals surface area contributed by atoms with Crippen molar-refractivity contribution in [2.75, 3.05) is 31.2 Å². The van der Waals surface area contributed by atoms with Crippen molar-refractivity contribution in [1.82, 2.24) is 20.1 Å². The zero-order chi connectivity index (χ0) is 17.6. The number of hydrogen-bond acceptors (Lipinski definition) is 6. The number of thioether (sulfide) groups is 1. The first kappa shape index (κ1) is 18.5. The highest BCUT2D eigenvalue weighted by molar-refractivity contribution is 8.00. The fourth-order valence-corrected chi connectivity index (χ4v) is 4.34. The molecule has 1 aromatic rings. The van der Waals surface area contributed by atoms with Gasteiger partial charge < -0.3 is 15.0 Å². The first-order chi connectivity index (χ1) is 12.2. The topological polar surface area (TPSA) is 72.3 Å². The van der Waals surface area contributed by atoms with Gasteiger partial charge in [-0.25, -0.2) is 0 Å². The van der Waals surface area contributed by atoms with Gasteiger partial charge in [-0.1, -0.05) is 31.0 Å². The standard InChI is InChI=1S/C17H29N5O2S/c1-3-22-16(21-9-11-24-12-10-21)19-20-17(22)25-13(2)15(23)18-14-7-5-4-6-8-14/h13-14H,3-12H2,1-2H3,(H,18,23). The number of carbonyl (C=O) groups excluding carboxylic acids is 1. The first-order valence-electron chi connectivity index (χ1n) is 9.42. The summed E-state index contributed by atoms with van der Waals surface area (Å²) in [6.07, 6.45) is 5.95. The van der Waals surface area contributed by atoms with E-state index in [2.05, 4.69) is 31.9 Å². The zero-order valence-electron chi connectivity index (χ0n) is 15.2. The van der Waals surface area contributed by atoms with Crippen molar-refractivity contribution < 1.29 is 9.53 Å². The molecular weight excluding hydrogens is 338 g/mol. The number of nitrogens with one attached hydrogen (secondary N) is 1. The Morgan fingerprint density at radius 2 is 2.00 bits per heavy atom. The summed E-state index contributed by atoms with van der Waals surface area (Å²) in [6, 6.07) is 0.345. The lowest BCUT2D eigenvalue weighted by atomic mass is 9.95. The Hall–Kier alpha value is -1.28. The fourth-order valence-electron chi connectivity index (χ4n) is 3.42. The molecule has 1 atom stereocenters. The summed E-state index contributed by atoms with van der Waals surface area (Å²) in [7, 11) is 0. The van der Waals surface area contributed by atoms with Gasteiger partial charge in [-0.3, -0.25) is 9.36 Å². The average Bonchev–Trinajstić information content (AvgIpc) is 3.05. The normalized spacial score (nSPS) is 20.5. The summed E-state index contributed by atoms with van der Waals surface area (Å²) < 4.78 is 7.51. The maximum Gasteiger partial charge on any atom is 0.233 e. The average molecular weight is 368 g/mol. The van der Waals surface area contributed by atoms with Crippen molar-refractivity contribution in [2.45, 2.75) is 68.9 Å². The number of anilines is 1. The number of amides is 1. The molecule has 0 bridgehead atoms. The fraction of sp³-hybridized carbons (Fsp3) is 0.824. The lowest BCUT2D eigenvalue weighted by Gasteiger charge is -2.27. The second-order valence-corrected chi connectivity index (χ2v) is 8.04. The molecule has 25 heavy (non-hydrogen) atoms. The lowest BCUT2D eigenvalue weighted by molar-refractivity contribution is -0.121. The molecule has 2 aliphatic rings. The minimum Gasteiger partial charge on any atom is -0.378 e. The van der Waals surface area contributed by atoms with Crippen LogP contribution in [0.2, 0.25) is 0 Å². The van der Waals surface area contributed by atoms with Crippen LogP contribution in [0.25, 0.3) is 0 Å². The van der Waals surface area contributed by atoms with Gasteiger partial charge in [-0.15, -0.1) is 10.2 Å². The summed E-state index contributed by atoms with van der Waals surface area (Å²) in [5, 5.41) is 12.6. The van der Waals surface area contributed by atoms with Gasteiger partial charge in [0.25, 0.3) is 0 Å². The Morgan fingerprint density at radius 1 is 1.28 bits per heavy atom. The molecule has 1 amide bonds. The van der Waals surface area contributed by atoms with Crippen molar-refractivity contribution in [3.05, 3.63) is 0 Å². The van der Waals surface area contributed by atoms with Crippen LogP contribution in [0.5, 0.6) is 0 Å². The Balaban J connectivity index is 1.61. The lowest BCUT2D eigenvalue weighted by Crippen LogP contribution is -2.40. The molecule has 0 aromatic carbocycles. The van der Waals surface area contributed by atoms with Crippen molar-refractivity contribution in [1.29, 1.82) is 0 Å². The van der Waals surface area contributed by atoms with Crippen molar-refractivity contribution >= 4 is 23.6 Å². The molecule has 1 unspecified atom stereocenters. The Bertz CT molecular complexity index is 567. The molecule has 8 heteroatoms. The van der Waals surface area contributed by atoms with Crippen LogP contribution in [-0.4, -0.2) is 58.3 Å². The molecule has 7 nitrogen and oxygen atoms in total. The van der Waals surface area contributed by atoms with Gasteiger partial charge in [-0.2, -0.15) is 0 Å². The molecule has 1 saturated heterocycles. The van der Waals surface area contributed by atoms with E-state index in [1.165, 1.54) is 31.0 Å². The van der Waals surface area contributed by atoms with Crippen molar-refractivity contribution in [2.24, 2.45) is 0 Å². The molecule has 140 valence electrons. The van der Waals surface area contributed by atoms with Crippen LogP contribution >= 0.6 is 11.8 Å². The molecule has 3 rings (SSSR count). The quantitative estimate of drug-likeness (QED) is 0.776. The van der Waals surface area contributed by atoms with E-state index in [1.54, 1.807) is 0 Å². The Morgan fingerprint density at radius 3 is 2.68 bits per heavy atom. The highest BCUT2D eigenvalue weighted by Crippen LogP contribution is 2.26. The van der Waals surface area contributed by atoms with Gasteiger partial charge in [0.05, 0.1) is 18.5 Å². The van der Waals surface area contributed by atoms with Crippen molar-refractivity contribution in [3.8, 4) is 0 Å². The summed E-state index contributed by atoms with van der Waals surface area (Å²) >= 11 is 1.50. The van der Waals surface area contributed by atoms with E-state index in [9.17, 15) is 4.79 Å². The number of rotatable bonds is 6. The van der Waals surface area contributed by atoms with Gasteiger partial charge >= 0.3 is 0 Å². The van der Waals surface area contributed by atoms with Gasteiger partial charge in [0.15, 0.2) is 5.16 Å².